The van der Waals surface area contributed by atoms with Crippen molar-refractivity contribution >= 4 is 5.91 Å². The lowest BCUT2D eigenvalue weighted by Crippen LogP contribution is -2.41. The van der Waals surface area contributed by atoms with Gasteiger partial charge in [0.05, 0.1) is 0 Å². The smallest absolute Gasteiger partial charge is 0.272 e. The molecule has 0 saturated heterocycles. The Morgan fingerprint density at radius 2 is 1.83 bits per heavy atom. The van der Waals surface area contributed by atoms with E-state index in [1.807, 2.05) is 25.1 Å². The second-order valence-electron chi connectivity index (χ2n) is 5.55. The van der Waals surface area contributed by atoms with Crippen LogP contribution < -0.4 is 0 Å². The number of carbonyl (C=O) groups is 1. The Hall–Kier alpha value is -1.38. The Bertz CT molecular complexity index is 448. The van der Waals surface area contributed by atoms with Crippen molar-refractivity contribution in [3.8, 4) is 0 Å². The summed E-state index contributed by atoms with van der Waals surface area (Å²) in [6.07, 6.45) is 7.23. The summed E-state index contributed by atoms with van der Waals surface area (Å²) in [5.41, 5.74) is 1.54. The molecule has 0 atom stereocenters. The van der Waals surface area contributed by atoms with Gasteiger partial charge in [-0.15, -0.1) is 0 Å². The zero-order chi connectivity index (χ0) is 12.5. The minimum atomic E-state index is 0.146. The maximum absolute atomic E-state index is 12.6. The Morgan fingerprint density at radius 1 is 1.17 bits per heavy atom. The zero-order valence-corrected chi connectivity index (χ0v) is 10.9. The number of aromatic nitrogens is 1. The summed E-state index contributed by atoms with van der Waals surface area (Å²) in [4.78, 5) is 19.1. The lowest BCUT2D eigenvalue weighted by molar-refractivity contribution is 0.0658. The fourth-order valence-corrected chi connectivity index (χ4v) is 2.96. The molecular formula is C15H20N2O. The van der Waals surface area contributed by atoms with Crippen molar-refractivity contribution < 1.29 is 4.79 Å². The van der Waals surface area contributed by atoms with Gasteiger partial charge in [0.25, 0.3) is 5.91 Å². The van der Waals surface area contributed by atoms with E-state index in [-0.39, 0.29) is 5.91 Å². The molecule has 18 heavy (non-hydrogen) atoms. The van der Waals surface area contributed by atoms with Gasteiger partial charge in [0.15, 0.2) is 0 Å². The van der Waals surface area contributed by atoms with Crippen molar-refractivity contribution in [3.63, 3.8) is 0 Å². The summed E-state index contributed by atoms with van der Waals surface area (Å²) < 4.78 is 0. The number of hydrogen-bond acceptors (Lipinski definition) is 2. The van der Waals surface area contributed by atoms with E-state index in [1.54, 1.807) is 0 Å². The molecule has 0 spiro atoms. The second kappa shape index (κ2) is 4.71. The molecule has 1 amide bonds. The van der Waals surface area contributed by atoms with E-state index in [9.17, 15) is 4.79 Å². The van der Waals surface area contributed by atoms with Gasteiger partial charge in [-0.3, -0.25) is 4.79 Å². The maximum atomic E-state index is 12.6. The largest absolute Gasteiger partial charge is 0.331 e. The van der Waals surface area contributed by atoms with E-state index in [0.29, 0.717) is 17.8 Å². The predicted molar refractivity (Wildman–Crippen MR) is 70.4 cm³/mol. The molecule has 2 aliphatic carbocycles. The highest BCUT2D eigenvalue weighted by molar-refractivity contribution is 5.93. The van der Waals surface area contributed by atoms with E-state index >= 15 is 0 Å². The quantitative estimate of drug-likeness (QED) is 0.819. The van der Waals surface area contributed by atoms with Crippen molar-refractivity contribution in [1.29, 1.82) is 0 Å². The summed E-state index contributed by atoms with van der Waals surface area (Å²) in [6.45, 7) is 1.94. The number of carbonyl (C=O) groups excluding carboxylic acids is 1. The minimum Gasteiger partial charge on any atom is -0.331 e. The highest BCUT2D eigenvalue weighted by atomic mass is 16.2. The highest BCUT2D eigenvalue weighted by Crippen LogP contribution is 2.35. The molecule has 0 aliphatic heterocycles. The van der Waals surface area contributed by atoms with Gasteiger partial charge >= 0.3 is 0 Å². The number of hydrogen-bond donors (Lipinski definition) is 0. The van der Waals surface area contributed by atoms with Gasteiger partial charge in [0, 0.05) is 17.8 Å². The molecule has 0 aromatic carbocycles. The number of pyridine rings is 1. The van der Waals surface area contributed by atoms with E-state index in [1.165, 1.54) is 38.5 Å². The third-order valence-electron chi connectivity index (χ3n) is 4.00. The molecule has 1 aromatic rings. The molecule has 0 N–H and O–H groups in total. The lowest BCUT2D eigenvalue weighted by atomic mass is 10.1. The Morgan fingerprint density at radius 3 is 2.44 bits per heavy atom. The first-order valence-electron chi connectivity index (χ1n) is 7.02. The SMILES string of the molecule is Cc1cccc(C(=O)N(C2CCCC2)C2CC2)n1. The third-order valence-corrected chi connectivity index (χ3v) is 4.00. The van der Waals surface area contributed by atoms with Gasteiger partial charge in [-0.25, -0.2) is 4.98 Å². The average molecular weight is 244 g/mol. The van der Waals surface area contributed by atoms with Gasteiger partial charge in [-0.05, 0) is 44.7 Å². The molecule has 96 valence electrons. The number of rotatable bonds is 3. The average Bonchev–Trinajstić information content (AvgIpc) is 3.04. The molecule has 0 bridgehead atoms. The van der Waals surface area contributed by atoms with Crippen LogP contribution in [0.2, 0.25) is 0 Å². The maximum Gasteiger partial charge on any atom is 0.272 e. The van der Waals surface area contributed by atoms with Gasteiger partial charge < -0.3 is 4.90 Å². The van der Waals surface area contributed by atoms with Gasteiger partial charge in [0.2, 0.25) is 0 Å². The molecule has 2 aliphatic rings. The topological polar surface area (TPSA) is 33.2 Å². The summed E-state index contributed by atoms with van der Waals surface area (Å²) in [5, 5.41) is 0. The van der Waals surface area contributed by atoms with Gasteiger partial charge in [0.1, 0.15) is 5.69 Å². The molecule has 1 heterocycles. The van der Waals surface area contributed by atoms with Gasteiger partial charge in [-0.2, -0.15) is 0 Å². The van der Waals surface area contributed by atoms with Crippen LogP contribution in [0.25, 0.3) is 0 Å². The van der Waals surface area contributed by atoms with Crippen LogP contribution in [0.5, 0.6) is 0 Å². The number of amides is 1. The van der Waals surface area contributed by atoms with Crippen molar-refractivity contribution in [1.82, 2.24) is 9.88 Å². The summed E-state index contributed by atoms with van der Waals surface area (Å²) >= 11 is 0. The van der Waals surface area contributed by atoms with Gasteiger partial charge in [-0.1, -0.05) is 18.9 Å². The van der Waals surface area contributed by atoms with E-state index < -0.39 is 0 Å². The van der Waals surface area contributed by atoms with Crippen LogP contribution in [0.3, 0.4) is 0 Å². The van der Waals surface area contributed by atoms with Crippen LogP contribution in [0, 0.1) is 6.92 Å². The normalized spacial score (nSPS) is 20.1. The first kappa shape index (κ1) is 11.7. The third kappa shape index (κ3) is 2.26. The molecule has 3 rings (SSSR count). The monoisotopic (exact) mass is 244 g/mol. The van der Waals surface area contributed by atoms with E-state index in [4.69, 9.17) is 0 Å². The van der Waals surface area contributed by atoms with Crippen molar-refractivity contribution in [2.24, 2.45) is 0 Å². The lowest BCUT2D eigenvalue weighted by Gasteiger charge is -2.28. The zero-order valence-electron chi connectivity index (χ0n) is 10.9. The van der Waals surface area contributed by atoms with Crippen LogP contribution in [-0.4, -0.2) is 27.9 Å². The molecule has 2 fully saturated rings. The summed E-state index contributed by atoms with van der Waals surface area (Å²) in [5.74, 6) is 0.146. The molecular weight excluding hydrogens is 224 g/mol. The van der Waals surface area contributed by atoms with Crippen LogP contribution in [-0.2, 0) is 0 Å². The van der Waals surface area contributed by atoms with Crippen LogP contribution in [0.4, 0.5) is 0 Å². The summed E-state index contributed by atoms with van der Waals surface area (Å²) in [6, 6.07) is 6.66. The van der Waals surface area contributed by atoms with Crippen molar-refractivity contribution in [3.05, 3.63) is 29.6 Å². The fourth-order valence-electron chi connectivity index (χ4n) is 2.96. The van der Waals surface area contributed by atoms with Crippen molar-refractivity contribution in [2.45, 2.75) is 57.5 Å². The number of aryl methyl sites for hydroxylation is 1. The molecule has 3 nitrogen and oxygen atoms in total. The molecule has 3 heteroatoms. The predicted octanol–water partition coefficient (Wildman–Crippen LogP) is 2.94. The Kier molecular flexibility index (Phi) is 3.06. The second-order valence-corrected chi connectivity index (χ2v) is 5.55. The molecule has 2 saturated carbocycles. The molecule has 0 radical (unpaired) electrons. The summed E-state index contributed by atoms with van der Waals surface area (Å²) in [7, 11) is 0. The molecule has 0 unspecified atom stereocenters. The minimum absolute atomic E-state index is 0.146. The number of nitrogens with zero attached hydrogens (tertiary/aromatic N) is 2. The molecule has 1 aromatic heterocycles. The highest BCUT2D eigenvalue weighted by Gasteiger charge is 2.39. The standard InChI is InChI=1S/C15H20N2O/c1-11-5-4-8-14(16-11)15(18)17(13-9-10-13)12-6-2-3-7-12/h4-5,8,12-13H,2-3,6-7,9-10H2,1H3. The Labute approximate surface area is 108 Å². The fraction of sp³-hybridized carbons (Fsp3) is 0.600. The van der Waals surface area contributed by atoms with E-state index in [2.05, 4.69) is 9.88 Å². The van der Waals surface area contributed by atoms with Crippen LogP contribution >= 0.6 is 0 Å². The van der Waals surface area contributed by atoms with Crippen LogP contribution in [0.15, 0.2) is 18.2 Å². The first-order chi connectivity index (χ1) is 8.75. The van der Waals surface area contributed by atoms with Crippen LogP contribution in [0.1, 0.15) is 54.7 Å². The van der Waals surface area contributed by atoms with E-state index in [0.717, 1.165) is 5.69 Å². The first-order valence-corrected chi connectivity index (χ1v) is 7.02. The van der Waals surface area contributed by atoms with Crippen molar-refractivity contribution in [2.75, 3.05) is 0 Å². The Balaban J connectivity index is 1.83.